The van der Waals surface area contributed by atoms with Gasteiger partial charge in [0.15, 0.2) is 0 Å². The van der Waals surface area contributed by atoms with Gasteiger partial charge in [-0.3, -0.25) is 57.5 Å². The van der Waals surface area contributed by atoms with Crippen molar-refractivity contribution in [1.29, 1.82) is 0 Å². The molecule has 3 aliphatic rings. The summed E-state index contributed by atoms with van der Waals surface area (Å²) in [6, 6.07) is -11.5. The molecule has 2 aliphatic heterocycles. The van der Waals surface area contributed by atoms with Crippen molar-refractivity contribution < 1.29 is 72.5 Å². The Morgan fingerprint density at radius 3 is 1.45 bits per heavy atom. The first-order valence-corrected chi connectivity index (χ1v) is 38.4. The molecule has 3 fully saturated rings. The van der Waals surface area contributed by atoms with Crippen LogP contribution < -0.4 is 21.3 Å². The fourth-order valence-corrected chi connectivity index (χ4v) is 14.5. The molecule has 1 aliphatic carbocycles. The third-order valence-corrected chi connectivity index (χ3v) is 20.6. The normalized spacial score (nSPS) is 27.6. The Bertz CT molecular complexity index is 2780. The third-order valence-electron chi connectivity index (χ3n) is 20.2. The average Bonchev–Trinajstić information content (AvgIpc) is 0.816. The number of alkyl halides is 1. The van der Waals surface area contributed by atoms with Crippen LogP contribution in [0.1, 0.15) is 199 Å². The van der Waals surface area contributed by atoms with E-state index in [1.54, 1.807) is 4.90 Å². The van der Waals surface area contributed by atoms with E-state index in [-0.39, 0.29) is 137 Å². The zero-order chi connectivity index (χ0) is 78.0. The lowest BCUT2D eigenvalue weighted by Crippen LogP contribution is -2.62. The van der Waals surface area contributed by atoms with E-state index in [0.29, 0.717) is 38.8 Å². The maximum absolute atomic E-state index is 15.6. The van der Waals surface area contributed by atoms with Crippen molar-refractivity contribution in [3.8, 4) is 0 Å². The molecule has 0 aromatic rings. The molecule has 2 unspecified atom stereocenters. The van der Waals surface area contributed by atoms with Crippen LogP contribution in [0, 0.1) is 47.3 Å². The maximum atomic E-state index is 15.6. The molecule has 590 valence electrons. The summed E-state index contributed by atoms with van der Waals surface area (Å²) < 4.78 is 5.79. The second-order valence-electron chi connectivity index (χ2n) is 32.1. The van der Waals surface area contributed by atoms with Crippen LogP contribution in [0.25, 0.3) is 0 Å². The standard InChI is InChI=1S/C75H133ClN12O15/c1-45(2)34-55-71(98)83(16)60(38-49(9)10)69(96)80-65(51(13)90)75(102)87(20)61(39-50(11)12)73(100)84(17)59(37-48(7)8)68(95)79-56(72(99)88-30-22-21-23-31-88)42-64(92)81(14)29-25-28-63(91)82(15)57(35-46(3)4)66(93)77-43-53(44-103-33-32-89)70(97)86(19)62(41-52-26-24-27-54(76)40-52)74(101)85(18)58(36-47(5)6)67(94)78-55/h45-62,65,89-90H,21-44H2,1-20H3,(H,77,93)(H,78,94)(H,79,95)(H,80,96)/t51-,52?,53+,54?,55+,56+,57+,58+,59+,60+,61+,62+,65+/m1/s1. The Labute approximate surface area is 620 Å². The number of carbonyl (C=O) groups excluding carboxylic acids is 12. The van der Waals surface area contributed by atoms with Crippen molar-refractivity contribution in [2.75, 3.05) is 95.3 Å². The first-order valence-electron chi connectivity index (χ1n) is 38.0. The number of rotatable bonds is 20. The molecule has 6 N–H and O–H groups in total. The van der Waals surface area contributed by atoms with Gasteiger partial charge in [-0.25, -0.2) is 0 Å². The minimum absolute atomic E-state index is 0.0472. The van der Waals surface area contributed by atoms with Crippen molar-refractivity contribution in [3.05, 3.63) is 0 Å². The van der Waals surface area contributed by atoms with Crippen LogP contribution in [0.3, 0.4) is 0 Å². The summed E-state index contributed by atoms with van der Waals surface area (Å²) in [6.07, 6.45) is 3.97. The minimum atomic E-state index is -1.67. The predicted molar refractivity (Wildman–Crippen MR) is 396 cm³/mol. The zero-order valence-corrected chi connectivity index (χ0v) is 66.9. The van der Waals surface area contributed by atoms with Crippen molar-refractivity contribution in [2.45, 2.75) is 265 Å². The van der Waals surface area contributed by atoms with Gasteiger partial charge in [-0.2, -0.15) is 0 Å². The Morgan fingerprint density at radius 1 is 0.495 bits per heavy atom. The number of amides is 12. The second kappa shape index (κ2) is 44.1. The van der Waals surface area contributed by atoms with Gasteiger partial charge in [0.1, 0.15) is 54.4 Å². The van der Waals surface area contributed by atoms with Crippen LogP contribution >= 0.6 is 11.6 Å². The van der Waals surface area contributed by atoms with Crippen LogP contribution in [0.5, 0.6) is 0 Å². The number of ether oxygens (including phenoxy) is 1. The second-order valence-corrected chi connectivity index (χ2v) is 32.7. The molecule has 0 aromatic carbocycles. The summed E-state index contributed by atoms with van der Waals surface area (Å²) in [4.78, 5) is 190. The van der Waals surface area contributed by atoms with Crippen LogP contribution in [-0.2, 0) is 62.3 Å². The lowest BCUT2D eigenvalue weighted by molar-refractivity contribution is -0.152. The van der Waals surface area contributed by atoms with E-state index in [4.69, 9.17) is 16.3 Å². The van der Waals surface area contributed by atoms with Crippen molar-refractivity contribution in [1.82, 2.24) is 60.5 Å². The van der Waals surface area contributed by atoms with E-state index >= 15 is 28.8 Å². The molecule has 1 saturated carbocycles. The number of hydrogen-bond acceptors (Lipinski definition) is 15. The molecule has 13 atom stereocenters. The highest BCUT2D eigenvalue weighted by Crippen LogP contribution is 2.33. The van der Waals surface area contributed by atoms with E-state index in [0.717, 1.165) is 24.2 Å². The summed E-state index contributed by atoms with van der Waals surface area (Å²) in [7, 11) is 10.2. The summed E-state index contributed by atoms with van der Waals surface area (Å²) in [5.74, 6) is -9.89. The summed E-state index contributed by atoms with van der Waals surface area (Å²) in [5, 5.41) is 32.6. The smallest absolute Gasteiger partial charge is 0.248 e. The largest absolute Gasteiger partial charge is 0.394 e. The molecule has 0 spiro atoms. The molecule has 103 heavy (non-hydrogen) atoms. The van der Waals surface area contributed by atoms with Crippen LogP contribution in [0.2, 0.25) is 0 Å². The first-order chi connectivity index (χ1) is 48.1. The van der Waals surface area contributed by atoms with Crippen LogP contribution in [0.15, 0.2) is 0 Å². The quantitative estimate of drug-likeness (QED) is 0.0714. The van der Waals surface area contributed by atoms with Gasteiger partial charge in [0.2, 0.25) is 70.9 Å². The van der Waals surface area contributed by atoms with Crippen molar-refractivity contribution in [3.63, 3.8) is 0 Å². The number of likely N-dealkylation sites (tertiary alicyclic amines) is 1. The number of nitrogens with one attached hydrogen (secondary N) is 4. The molecular weight excluding hydrogens is 1340 g/mol. The van der Waals surface area contributed by atoms with Gasteiger partial charge in [0.25, 0.3) is 0 Å². The zero-order valence-electron chi connectivity index (χ0n) is 66.1. The molecule has 3 rings (SSSR count). The molecule has 12 amide bonds. The average molecular weight is 1480 g/mol. The number of halogens is 1. The molecule has 0 aromatic heterocycles. The SMILES string of the molecule is CC(C)C[C@@H]1NC(=O)[C@H](CC(C)C)N(C)C(=O)[C@H](CC2CCCC(Cl)C2)N(C)C(=O)[C@H](COCCO)CNC(=O)[C@H](CC(C)C)N(C)C(=O)CCCN(C)C(=O)C[C@@H](C(=O)N2CCCCC2)NC(=O)[C@H](CC(C)C)N(C)C(=O)[C@H](CC(C)C)N(C)C(=O)[C@H]([C@@H](C)O)NC(=O)[C@H](CC(C)C)N(C)C1=O. The Kier molecular flexibility index (Phi) is 38.9. The van der Waals surface area contributed by atoms with Gasteiger partial charge < -0.3 is 75.4 Å². The lowest BCUT2D eigenvalue weighted by atomic mass is 9.83. The number of carbonyl (C=O) groups is 12. The highest BCUT2D eigenvalue weighted by atomic mass is 35.5. The molecule has 0 bridgehead atoms. The number of hydrogen-bond donors (Lipinski definition) is 6. The lowest BCUT2D eigenvalue weighted by Gasteiger charge is -2.39. The van der Waals surface area contributed by atoms with E-state index in [9.17, 15) is 39.0 Å². The van der Waals surface area contributed by atoms with E-state index in [1.807, 2.05) is 83.1 Å². The van der Waals surface area contributed by atoms with E-state index in [2.05, 4.69) is 21.3 Å². The fraction of sp³-hybridized carbons (Fsp3) is 0.840. The molecule has 2 saturated heterocycles. The van der Waals surface area contributed by atoms with E-state index in [1.165, 1.54) is 85.7 Å². The Morgan fingerprint density at radius 2 is 0.951 bits per heavy atom. The van der Waals surface area contributed by atoms with Gasteiger partial charge >= 0.3 is 0 Å². The van der Waals surface area contributed by atoms with Gasteiger partial charge in [0.05, 0.1) is 38.3 Å². The summed E-state index contributed by atoms with van der Waals surface area (Å²) in [5.41, 5.74) is 0. The highest BCUT2D eigenvalue weighted by molar-refractivity contribution is 6.20. The van der Waals surface area contributed by atoms with Crippen molar-refractivity contribution >= 4 is 82.5 Å². The molecule has 27 nitrogen and oxygen atoms in total. The van der Waals surface area contributed by atoms with E-state index < -0.39 is 144 Å². The maximum Gasteiger partial charge on any atom is 0.248 e. The molecule has 28 heteroatoms. The summed E-state index contributed by atoms with van der Waals surface area (Å²) in [6.45, 7) is 23.4. The van der Waals surface area contributed by atoms with Crippen LogP contribution in [-0.4, -0.2) is 281 Å². The van der Waals surface area contributed by atoms with Crippen molar-refractivity contribution in [2.24, 2.45) is 47.3 Å². The fourth-order valence-electron chi connectivity index (χ4n) is 14.1. The van der Waals surface area contributed by atoms with Crippen LogP contribution in [0.4, 0.5) is 0 Å². The number of nitrogens with zero attached hydrogens (tertiary/aromatic N) is 8. The molecule has 0 radical (unpaired) electrons. The Balaban J connectivity index is 2.35. The highest BCUT2D eigenvalue weighted by Gasteiger charge is 2.45. The minimum Gasteiger partial charge on any atom is -0.394 e. The van der Waals surface area contributed by atoms with Gasteiger partial charge in [-0.15, -0.1) is 11.6 Å². The number of aliphatic hydroxyl groups is 2. The van der Waals surface area contributed by atoms with Gasteiger partial charge in [-0.05, 0) is 132 Å². The number of likely N-dealkylation sites (N-methyl/N-ethyl adjacent to an activating group) is 6. The number of aliphatic hydroxyl groups excluding tert-OH is 2. The monoisotopic (exact) mass is 1480 g/mol. The molecule has 2 heterocycles. The number of piperidine rings is 1. The Hall–Kier alpha value is -6.19. The first kappa shape index (κ1) is 91.0. The topological polar surface area (TPSA) is 329 Å². The van der Waals surface area contributed by atoms with Gasteiger partial charge in [0, 0.05) is 87.3 Å². The van der Waals surface area contributed by atoms with Gasteiger partial charge in [-0.1, -0.05) is 95.9 Å². The molecular formula is C75H133ClN12O15. The summed E-state index contributed by atoms with van der Waals surface area (Å²) >= 11 is 6.77. The predicted octanol–water partition coefficient (Wildman–Crippen LogP) is 4.64. The third kappa shape index (κ3) is 28.6.